The van der Waals surface area contributed by atoms with Gasteiger partial charge in [0.2, 0.25) is 0 Å². The lowest BCUT2D eigenvalue weighted by atomic mass is 9.65. The molecule has 1 amide bonds. The molecule has 2 aromatic rings. The van der Waals surface area contributed by atoms with E-state index in [1.165, 1.54) is 42.5 Å². The van der Waals surface area contributed by atoms with Crippen LogP contribution in [0, 0.1) is 10.8 Å². The third-order valence-electron chi connectivity index (χ3n) is 6.64. The summed E-state index contributed by atoms with van der Waals surface area (Å²) in [6, 6.07) is 9.93. The zero-order valence-corrected chi connectivity index (χ0v) is 22.1. The van der Waals surface area contributed by atoms with Crippen molar-refractivity contribution in [3.63, 3.8) is 0 Å². The van der Waals surface area contributed by atoms with Crippen molar-refractivity contribution in [1.82, 2.24) is 4.90 Å². The Labute approximate surface area is 215 Å². The molecule has 1 aliphatic carbocycles. The molecule has 2 bridgehead atoms. The Hall–Kier alpha value is -2.29. The molecular formula is C25H28Cl2N2O5S. The third-order valence-corrected chi connectivity index (χ3v) is 8.75. The minimum absolute atomic E-state index is 0.0439. The number of esters is 1. The number of nitrogens with one attached hydrogen (secondary N) is 1. The largest absolute Gasteiger partial charge is 0.452 e. The zero-order valence-electron chi connectivity index (χ0n) is 19.8. The number of amides is 1. The Morgan fingerprint density at radius 3 is 2.40 bits per heavy atom. The summed E-state index contributed by atoms with van der Waals surface area (Å²) in [5.41, 5.74) is 0.756. The number of halogens is 2. The Balaban J connectivity index is 1.35. The highest BCUT2D eigenvalue weighted by Gasteiger charge is 2.50. The number of benzene rings is 2. The second-order valence-electron chi connectivity index (χ2n) is 10.6. The lowest BCUT2D eigenvalue weighted by Gasteiger charge is -2.39. The number of ether oxygens (including phenoxy) is 1. The number of anilines is 1. The molecule has 35 heavy (non-hydrogen) atoms. The van der Waals surface area contributed by atoms with E-state index in [-0.39, 0.29) is 55.6 Å². The number of hydrogen-bond acceptors (Lipinski definition) is 5. The fourth-order valence-corrected chi connectivity index (χ4v) is 7.02. The van der Waals surface area contributed by atoms with Crippen molar-refractivity contribution in [2.75, 3.05) is 17.9 Å². The fraction of sp³-hybridized carbons (Fsp3) is 0.440. The second-order valence-corrected chi connectivity index (χ2v) is 13.1. The van der Waals surface area contributed by atoms with Crippen LogP contribution in [0.4, 0.5) is 5.69 Å². The number of carbonyl (C=O) groups is 2. The molecule has 0 aromatic heterocycles. The van der Waals surface area contributed by atoms with Gasteiger partial charge in [-0.3, -0.25) is 9.52 Å². The number of hydrogen-bond donors (Lipinski definition) is 1. The molecule has 1 heterocycles. The van der Waals surface area contributed by atoms with E-state index in [0.717, 1.165) is 19.3 Å². The van der Waals surface area contributed by atoms with Crippen LogP contribution in [-0.2, 0) is 19.6 Å². The van der Waals surface area contributed by atoms with Gasteiger partial charge in [-0.1, -0.05) is 44.0 Å². The van der Waals surface area contributed by atoms with Crippen molar-refractivity contribution in [1.29, 1.82) is 0 Å². The molecule has 7 nitrogen and oxygen atoms in total. The first kappa shape index (κ1) is 25.8. The zero-order chi connectivity index (χ0) is 25.6. The number of sulfonamides is 1. The van der Waals surface area contributed by atoms with E-state index < -0.39 is 16.0 Å². The van der Waals surface area contributed by atoms with Crippen LogP contribution in [0.15, 0.2) is 47.4 Å². The summed E-state index contributed by atoms with van der Waals surface area (Å²) in [6.45, 7) is 7.06. The molecule has 1 saturated heterocycles. The van der Waals surface area contributed by atoms with E-state index in [2.05, 4.69) is 25.5 Å². The highest BCUT2D eigenvalue weighted by Crippen LogP contribution is 2.52. The second kappa shape index (κ2) is 9.30. The van der Waals surface area contributed by atoms with Crippen molar-refractivity contribution in [3.05, 3.63) is 58.1 Å². The molecule has 2 fully saturated rings. The first-order chi connectivity index (χ1) is 16.3. The normalized spacial score (nSPS) is 23.1. The molecule has 1 saturated carbocycles. The van der Waals surface area contributed by atoms with Crippen molar-refractivity contribution < 1.29 is 22.7 Å². The van der Waals surface area contributed by atoms with Crippen LogP contribution in [0.1, 0.15) is 50.4 Å². The van der Waals surface area contributed by atoms with Crippen LogP contribution in [0.5, 0.6) is 0 Å². The maximum absolute atomic E-state index is 12.8. The lowest BCUT2D eigenvalue weighted by molar-refractivity contribution is -0.135. The highest BCUT2D eigenvalue weighted by molar-refractivity contribution is 7.92. The van der Waals surface area contributed by atoms with E-state index in [1.54, 1.807) is 0 Å². The van der Waals surface area contributed by atoms with Gasteiger partial charge in [-0.2, -0.15) is 0 Å². The molecule has 2 atom stereocenters. The smallest absolute Gasteiger partial charge is 0.338 e. The molecule has 2 aliphatic rings. The number of nitrogens with zero attached hydrogens (tertiary/aromatic N) is 1. The third kappa shape index (κ3) is 5.76. The van der Waals surface area contributed by atoms with E-state index in [1.807, 2.05) is 4.90 Å². The van der Waals surface area contributed by atoms with E-state index >= 15 is 0 Å². The van der Waals surface area contributed by atoms with Crippen LogP contribution in [-0.4, -0.2) is 44.4 Å². The average molecular weight is 539 g/mol. The average Bonchev–Trinajstić information content (AvgIpc) is 3.02. The van der Waals surface area contributed by atoms with Crippen molar-refractivity contribution in [2.45, 2.75) is 51.0 Å². The molecule has 2 unspecified atom stereocenters. The summed E-state index contributed by atoms with van der Waals surface area (Å²) in [5, 5.41) is 0.371. The Bertz CT molecular complexity index is 1260. The molecule has 1 aliphatic heterocycles. The summed E-state index contributed by atoms with van der Waals surface area (Å²) in [6.07, 6.45) is 3.00. The SMILES string of the molecule is CC1(C)CC2CC(C)(CN2C(=O)COC(=O)c2ccc(NS(=O)(=O)c3ccc(Cl)c(Cl)c3)cc2)C1. The van der Waals surface area contributed by atoms with Crippen LogP contribution in [0.3, 0.4) is 0 Å². The predicted octanol–water partition coefficient (Wildman–Crippen LogP) is 5.38. The summed E-state index contributed by atoms with van der Waals surface area (Å²) < 4.78 is 32.9. The number of rotatable bonds is 6. The van der Waals surface area contributed by atoms with Crippen LogP contribution in [0.25, 0.3) is 0 Å². The monoisotopic (exact) mass is 538 g/mol. The summed E-state index contributed by atoms with van der Waals surface area (Å²) in [7, 11) is -3.90. The minimum atomic E-state index is -3.90. The van der Waals surface area contributed by atoms with Gasteiger partial charge in [-0.15, -0.1) is 0 Å². The fourth-order valence-electron chi connectivity index (χ4n) is 5.58. The molecule has 188 valence electrons. The first-order valence-electron chi connectivity index (χ1n) is 11.3. The summed E-state index contributed by atoms with van der Waals surface area (Å²) >= 11 is 11.8. The standard InChI is InChI=1S/C25H28Cl2N2O5S/c1-24(2)11-18-12-25(3,14-24)15-29(18)22(30)13-34-23(31)16-4-6-17(7-5-16)28-35(32,33)19-8-9-20(26)21(27)10-19/h4-10,18,28H,11-15H2,1-3H3. The number of fused-ring (bicyclic) bond motifs is 2. The lowest BCUT2D eigenvalue weighted by Crippen LogP contribution is -2.39. The number of likely N-dealkylation sites (tertiary alicyclic amines) is 1. The van der Waals surface area contributed by atoms with Gasteiger partial charge in [0.25, 0.3) is 15.9 Å². The van der Waals surface area contributed by atoms with E-state index in [4.69, 9.17) is 27.9 Å². The van der Waals surface area contributed by atoms with Gasteiger partial charge >= 0.3 is 5.97 Å². The van der Waals surface area contributed by atoms with Crippen LogP contribution < -0.4 is 4.72 Å². The quantitative estimate of drug-likeness (QED) is 0.498. The Morgan fingerprint density at radius 2 is 1.74 bits per heavy atom. The van der Waals surface area contributed by atoms with Gasteiger partial charge in [0.15, 0.2) is 6.61 Å². The maximum atomic E-state index is 12.8. The topological polar surface area (TPSA) is 92.8 Å². The van der Waals surface area contributed by atoms with E-state index in [9.17, 15) is 18.0 Å². The van der Waals surface area contributed by atoms with Gasteiger partial charge in [-0.25, -0.2) is 13.2 Å². The molecular weight excluding hydrogens is 511 g/mol. The van der Waals surface area contributed by atoms with Gasteiger partial charge in [0.1, 0.15) is 0 Å². The maximum Gasteiger partial charge on any atom is 0.338 e. The molecule has 0 radical (unpaired) electrons. The summed E-state index contributed by atoms with van der Waals surface area (Å²) in [5.74, 6) is -0.832. The number of carbonyl (C=O) groups excluding carboxylic acids is 2. The molecule has 2 aromatic carbocycles. The predicted molar refractivity (Wildman–Crippen MR) is 135 cm³/mol. The summed E-state index contributed by atoms with van der Waals surface area (Å²) in [4.78, 5) is 27.1. The van der Waals surface area contributed by atoms with Crippen molar-refractivity contribution >= 4 is 50.8 Å². The Morgan fingerprint density at radius 1 is 1.06 bits per heavy atom. The molecule has 10 heteroatoms. The van der Waals surface area contributed by atoms with Crippen molar-refractivity contribution in [2.24, 2.45) is 10.8 Å². The van der Waals surface area contributed by atoms with Gasteiger partial charge in [0.05, 0.1) is 20.5 Å². The van der Waals surface area contributed by atoms with Crippen molar-refractivity contribution in [3.8, 4) is 0 Å². The van der Waals surface area contributed by atoms with Gasteiger partial charge < -0.3 is 9.64 Å². The van der Waals surface area contributed by atoms with E-state index in [0.29, 0.717) is 6.54 Å². The van der Waals surface area contributed by atoms with Crippen LogP contribution in [0.2, 0.25) is 10.0 Å². The van der Waals surface area contributed by atoms with Gasteiger partial charge in [0, 0.05) is 18.3 Å². The molecule has 1 N–H and O–H groups in total. The molecule has 0 spiro atoms. The Kier molecular flexibility index (Phi) is 6.85. The van der Waals surface area contributed by atoms with Gasteiger partial charge in [-0.05, 0) is 72.6 Å². The molecule has 4 rings (SSSR count). The highest BCUT2D eigenvalue weighted by atomic mass is 35.5. The van der Waals surface area contributed by atoms with Crippen LogP contribution >= 0.6 is 23.2 Å². The minimum Gasteiger partial charge on any atom is -0.452 e. The first-order valence-corrected chi connectivity index (χ1v) is 13.6.